The van der Waals surface area contributed by atoms with Crippen molar-refractivity contribution in [1.29, 1.82) is 0 Å². The number of amides is 1. The fourth-order valence-electron chi connectivity index (χ4n) is 1.49. The van der Waals surface area contributed by atoms with Crippen molar-refractivity contribution in [2.45, 2.75) is 33.1 Å². The lowest BCUT2D eigenvalue weighted by atomic mass is 10.1. The summed E-state index contributed by atoms with van der Waals surface area (Å²) in [5.74, 6) is 0.655. The van der Waals surface area contributed by atoms with Crippen molar-refractivity contribution < 1.29 is 4.79 Å². The molecule has 1 amide bonds. The molecule has 0 aliphatic carbocycles. The van der Waals surface area contributed by atoms with Gasteiger partial charge >= 0.3 is 0 Å². The van der Waals surface area contributed by atoms with Crippen LogP contribution in [0.15, 0.2) is 12.2 Å². The number of hydrogen-bond acceptors (Lipinski definition) is 1. The van der Waals surface area contributed by atoms with Crippen LogP contribution in [0.5, 0.6) is 0 Å². The highest BCUT2D eigenvalue weighted by Crippen LogP contribution is 2.09. The summed E-state index contributed by atoms with van der Waals surface area (Å²) in [5, 5.41) is 0. The third-order valence-corrected chi connectivity index (χ3v) is 2.29. The Hall–Kier alpha value is -0.790. The Kier molecular flexibility index (Phi) is 4.00. The third-order valence-electron chi connectivity index (χ3n) is 2.29. The van der Waals surface area contributed by atoms with Gasteiger partial charge in [0, 0.05) is 13.1 Å². The summed E-state index contributed by atoms with van der Waals surface area (Å²) in [6.45, 7) is 6.06. The van der Waals surface area contributed by atoms with E-state index in [-0.39, 0.29) is 5.91 Å². The van der Waals surface area contributed by atoms with E-state index < -0.39 is 0 Å². The van der Waals surface area contributed by atoms with Gasteiger partial charge in [0.15, 0.2) is 0 Å². The molecule has 0 spiro atoms. The van der Waals surface area contributed by atoms with E-state index in [1.807, 2.05) is 11.0 Å². The summed E-state index contributed by atoms with van der Waals surface area (Å²) in [7, 11) is 0. The molecule has 13 heavy (non-hydrogen) atoms. The fraction of sp³-hybridized carbons (Fsp3) is 0.727. The van der Waals surface area contributed by atoms with E-state index in [9.17, 15) is 4.79 Å². The molecule has 1 aliphatic rings. The summed E-state index contributed by atoms with van der Waals surface area (Å²) in [5.41, 5.74) is 0. The Morgan fingerprint density at radius 3 is 2.38 bits per heavy atom. The molecule has 74 valence electrons. The first-order chi connectivity index (χ1) is 6.20. The molecule has 0 bridgehead atoms. The van der Waals surface area contributed by atoms with Crippen LogP contribution in [0.3, 0.4) is 0 Å². The number of nitrogens with zero attached hydrogens (tertiary/aromatic N) is 1. The standard InChI is InChI=1S/C11H19NO/c1-10(2)6-7-11(13)12-8-4-3-5-9-12/h6-7,10H,3-5,8-9H2,1-2H3. The summed E-state index contributed by atoms with van der Waals surface area (Å²) in [6, 6.07) is 0. The zero-order chi connectivity index (χ0) is 9.68. The molecular weight excluding hydrogens is 162 g/mol. The number of allylic oxidation sites excluding steroid dienone is 1. The maximum absolute atomic E-state index is 11.5. The van der Waals surface area contributed by atoms with Gasteiger partial charge in [-0.1, -0.05) is 19.9 Å². The van der Waals surface area contributed by atoms with Crippen LogP contribution in [-0.4, -0.2) is 23.9 Å². The molecule has 0 N–H and O–H groups in total. The third kappa shape index (κ3) is 3.62. The van der Waals surface area contributed by atoms with Crippen LogP contribution in [0.1, 0.15) is 33.1 Å². The Balaban J connectivity index is 2.37. The van der Waals surface area contributed by atoms with Crippen LogP contribution >= 0.6 is 0 Å². The van der Waals surface area contributed by atoms with Crippen molar-refractivity contribution in [2.24, 2.45) is 5.92 Å². The van der Waals surface area contributed by atoms with Gasteiger partial charge in [-0.3, -0.25) is 4.79 Å². The quantitative estimate of drug-likeness (QED) is 0.598. The zero-order valence-electron chi connectivity index (χ0n) is 8.62. The summed E-state index contributed by atoms with van der Waals surface area (Å²) >= 11 is 0. The highest BCUT2D eigenvalue weighted by molar-refractivity contribution is 5.87. The van der Waals surface area contributed by atoms with Crippen molar-refractivity contribution in [1.82, 2.24) is 4.90 Å². The average Bonchev–Trinajstić information content (AvgIpc) is 2.15. The zero-order valence-corrected chi connectivity index (χ0v) is 8.62. The second kappa shape index (κ2) is 5.05. The highest BCUT2D eigenvalue weighted by Gasteiger charge is 2.13. The molecular formula is C11H19NO. The molecule has 1 saturated heterocycles. The van der Waals surface area contributed by atoms with Crippen LogP contribution in [0.4, 0.5) is 0 Å². The molecule has 0 aromatic carbocycles. The number of piperidine rings is 1. The number of rotatable bonds is 2. The molecule has 0 unspecified atom stereocenters. The van der Waals surface area contributed by atoms with Crippen molar-refractivity contribution in [2.75, 3.05) is 13.1 Å². The molecule has 2 nitrogen and oxygen atoms in total. The van der Waals surface area contributed by atoms with E-state index in [0.29, 0.717) is 5.92 Å². The molecule has 0 aromatic heterocycles. The van der Waals surface area contributed by atoms with Gasteiger partial charge in [-0.25, -0.2) is 0 Å². The maximum Gasteiger partial charge on any atom is 0.246 e. The topological polar surface area (TPSA) is 20.3 Å². The minimum atomic E-state index is 0.188. The van der Waals surface area contributed by atoms with E-state index >= 15 is 0 Å². The molecule has 1 fully saturated rings. The summed E-state index contributed by atoms with van der Waals surface area (Å²) in [4.78, 5) is 13.5. The summed E-state index contributed by atoms with van der Waals surface area (Å²) in [6.07, 6.45) is 7.30. The van der Waals surface area contributed by atoms with Crippen LogP contribution in [0.2, 0.25) is 0 Å². The van der Waals surface area contributed by atoms with Crippen LogP contribution in [0, 0.1) is 5.92 Å². The molecule has 1 heterocycles. The van der Waals surface area contributed by atoms with E-state index in [4.69, 9.17) is 0 Å². The summed E-state index contributed by atoms with van der Waals surface area (Å²) < 4.78 is 0. The minimum Gasteiger partial charge on any atom is -0.339 e. The van der Waals surface area contributed by atoms with Gasteiger partial charge < -0.3 is 4.90 Å². The molecule has 2 heteroatoms. The largest absolute Gasteiger partial charge is 0.339 e. The lowest BCUT2D eigenvalue weighted by Gasteiger charge is -2.25. The fourth-order valence-corrected chi connectivity index (χ4v) is 1.49. The molecule has 1 aliphatic heterocycles. The van der Waals surface area contributed by atoms with Gasteiger partial charge in [0.2, 0.25) is 5.91 Å². The first-order valence-corrected chi connectivity index (χ1v) is 5.17. The van der Waals surface area contributed by atoms with Crippen molar-refractivity contribution >= 4 is 5.91 Å². The molecule has 0 atom stereocenters. The Labute approximate surface area is 80.6 Å². The van der Waals surface area contributed by atoms with Gasteiger partial charge in [-0.05, 0) is 31.3 Å². The van der Waals surface area contributed by atoms with Crippen LogP contribution in [-0.2, 0) is 4.79 Å². The van der Waals surface area contributed by atoms with E-state index in [1.165, 1.54) is 19.3 Å². The smallest absolute Gasteiger partial charge is 0.246 e. The Bertz CT molecular complexity index is 190. The van der Waals surface area contributed by atoms with E-state index in [2.05, 4.69) is 13.8 Å². The number of carbonyl (C=O) groups is 1. The van der Waals surface area contributed by atoms with Gasteiger partial charge in [0.25, 0.3) is 0 Å². The first kappa shape index (κ1) is 10.3. The van der Waals surface area contributed by atoms with E-state index in [1.54, 1.807) is 6.08 Å². The lowest BCUT2D eigenvalue weighted by molar-refractivity contribution is -0.126. The predicted molar refractivity (Wildman–Crippen MR) is 54.4 cm³/mol. The molecule has 0 saturated carbocycles. The average molecular weight is 181 g/mol. The minimum absolute atomic E-state index is 0.188. The monoisotopic (exact) mass is 181 g/mol. The van der Waals surface area contributed by atoms with E-state index in [0.717, 1.165) is 13.1 Å². The predicted octanol–water partition coefficient (Wildman–Crippen LogP) is 2.21. The number of hydrogen-bond donors (Lipinski definition) is 0. The Morgan fingerprint density at radius 2 is 1.85 bits per heavy atom. The number of likely N-dealkylation sites (tertiary alicyclic amines) is 1. The lowest BCUT2D eigenvalue weighted by Crippen LogP contribution is -2.34. The van der Waals surface area contributed by atoms with Crippen LogP contribution < -0.4 is 0 Å². The molecule has 1 rings (SSSR count). The second-order valence-corrected chi connectivity index (χ2v) is 3.99. The number of carbonyl (C=O) groups excluding carboxylic acids is 1. The van der Waals surface area contributed by atoms with Crippen molar-refractivity contribution in [3.8, 4) is 0 Å². The Morgan fingerprint density at radius 1 is 1.23 bits per heavy atom. The SMILES string of the molecule is CC(C)C=CC(=O)N1CCCCC1. The maximum atomic E-state index is 11.5. The first-order valence-electron chi connectivity index (χ1n) is 5.17. The molecule has 0 radical (unpaired) electrons. The van der Waals surface area contributed by atoms with Crippen molar-refractivity contribution in [3.05, 3.63) is 12.2 Å². The van der Waals surface area contributed by atoms with Crippen LogP contribution in [0.25, 0.3) is 0 Å². The molecule has 0 aromatic rings. The van der Waals surface area contributed by atoms with Gasteiger partial charge in [0.05, 0.1) is 0 Å². The van der Waals surface area contributed by atoms with Gasteiger partial charge in [0.1, 0.15) is 0 Å². The second-order valence-electron chi connectivity index (χ2n) is 3.99. The highest BCUT2D eigenvalue weighted by atomic mass is 16.2. The van der Waals surface area contributed by atoms with Crippen molar-refractivity contribution in [3.63, 3.8) is 0 Å². The normalized spacial score (nSPS) is 18.5. The van der Waals surface area contributed by atoms with Gasteiger partial charge in [-0.2, -0.15) is 0 Å². The van der Waals surface area contributed by atoms with Gasteiger partial charge in [-0.15, -0.1) is 0 Å².